The lowest BCUT2D eigenvalue weighted by Gasteiger charge is -2.22. The quantitative estimate of drug-likeness (QED) is 0.155. The number of nitrogens with zero attached hydrogens (tertiary/aromatic N) is 1. The first kappa shape index (κ1) is 31.4. The van der Waals surface area contributed by atoms with Crippen molar-refractivity contribution in [2.75, 3.05) is 34.9 Å². The molecule has 0 aromatic heterocycles. The zero-order valence-electron chi connectivity index (χ0n) is 22.5. The van der Waals surface area contributed by atoms with E-state index >= 15 is 0 Å². The van der Waals surface area contributed by atoms with Gasteiger partial charge in [0.15, 0.2) is 0 Å². The van der Waals surface area contributed by atoms with Crippen molar-refractivity contribution in [3.8, 4) is 0 Å². The molecule has 33 heavy (non-hydrogen) atoms. The average molecular weight is 472 g/mol. The standard InChI is InChI=1S/C26H49NO6/c1-25(2,23(29)31-7)18-13-9-11-15-21(33-22(28)17-20-27(5)6)16-12-10-14-19-26(3,4)24(30)32-8/h21H,9-20H2,1-8H3. The Hall–Kier alpha value is -1.63. The highest BCUT2D eigenvalue weighted by molar-refractivity contribution is 5.76. The highest BCUT2D eigenvalue weighted by atomic mass is 16.5. The Morgan fingerprint density at radius 3 is 1.52 bits per heavy atom. The molecule has 7 nitrogen and oxygen atoms in total. The zero-order valence-corrected chi connectivity index (χ0v) is 22.5. The molecular formula is C26H49NO6. The molecule has 0 amide bonds. The SMILES string of the molecule is COC(=O)C(C)(C)CCCCCC(CCCCCC(C)(C)C(=O)OC)OC(=O)CCN(C)C. The molecular weight excluding hydrogens is 422 g/mol. The van der Waals surface area contributed by atoms with Crippen molar-refractivity contribution in [2.24, 2.45) is 10.8 Å². The maximum atomic E-state index is 12.3. The fourth-order valence-electron chi connectivity index (χ4n) is 3.81. The Kier molecular flexibility index (Phi) is 15.3. The van der Waals surface area contributed by atoms with Crippen LogP contribution in [0.2, 0.25) is 0 Å². The molecule has 0 aromatic carbocycles. The van der Waals surface area contributed by atoms with Crippen LogP contribution in [0.1, 0.15) is 98.3 Å². The van der Waals surface area contributed by atoms with Crippen LogP contribution < -0.4 is 0 Å². The maximum Gasteiger partial charge on any atom is 0.311 e. The van der Waals surface area contributed by atoms with Crippen LogP contribution in [0.4, 0.5) is 0 Å². The number of unbranched alkanes of at least 4 members (excludes halogenated alkanes) is 4. The molecule has 0 heterocycles. The van der Waals surface area contributed by atoms with Gasteiger partial charge in [-0.3, -0.25) is 14.4 Å². The Morgan fingerprint density at radius 2 is 1.15 bits per heavy atom. The fraction of sp³-hybridized carbons (Fsp3) is 0.885. The molecule has 194 valence electrons. The Bertz CT molecular complexity index is 547. The third-order valence-corrected chi connectivity index (χ3v) is 6.19. The van der Waals surface area contributed by atoms with Gasteiger partial charge in [-0.15, -0.1) is 0 Å². The molecule has 0 spiro atoms. The molecule has 0 saturated carbocycles. The van der Waals surface area contributed by atoms with Gasteiger partial charge in [-0.25, -0.2) is 0 Å². The smallest absolute Gasteiger partial charge is 0.311 e. The molecule has 0 aliphatic heterocycles. The molecule has 0 rings (SSSR count). The second kappa shape index (κ2) is 16.1. The van der Waals surface area contributed by atoms with E-state index in [1.807, 2.05) is 46.7 Å². The summed E-state index contributed by atoms with van der Waals surface area (Å²) in [4.78, 5) is 37.9. The van der Waals surface area contributed by atoms with Gasteiger partial charge >= 0.3 is 17.9 Å². The van der Waals surface area contributed by atoms with Gasteiger partial charge in [0.1, 0.15) is 6.10 Å². The van der Waals surface area contributed by atoms with E-state index in [9.17, 15) is 14.4 Å². The monoisotopic (exact) mass is 471 g/mol. The van der Waals surface area contributed by atoms with Crippen molar-refractivity contribution in [1.29, 1.82) is 0 Å². The second-order valence-electron chi connectivity index (χ2n) is 10.6. The number of ether oxygens (including phenoxy) is 3. The van der Waals surface area contributed by atoms with Crippen molar-refractivity contribution < 1.29 is 28.6 Å². The average Bonchev–Trinajstić information content (AvgIpc) is 2.75. The summed E-state index contributed by atoms with van der Waals surface area (Å²) in [6, 6.07) is 0. The van der Waals surface area contributed by atoms with E-state index in [-0.39, 0.29) is 24.0 Å². The minimum atomic E-state index is -0.467. The molecule has 0 N–H and O–H groups in total. The van der Waals surface area contributed by atoms with Gasteiger partial charge in [0.05, 0.1) is 31.5 Å². The van der Waals surface area contributed by atoms with E-state index in [0.29, 0.717) is 13.0 Å². The van der Waals surface area contributed by atoms with Crippen LogP contribution in [-0.2, 0) is 28.6 Å². The molecule has 7 heteroatoms. The van der Waals surface area contributed by atoms with Gasteiger partial charge in [0, 0.05) is 6.54 Å². The number of carbonyl (C=O) groups is 3. The highest BCUT2D eigenvalue weighted by Gasteiger charge is 2.28. The first-order valence-electron chi connectivity index (χ1n) is 12.4. The van der Waals surface area contributed by atoms with Crippen molar-refractivity contribution in [3.63, 3.8) is 0 Å². The van der Waals surface area contributed by atoms with Crippen LogP contribution in [0.15, 0.2) is 0 Å². The maximum absolute atomic E-state index is 12.3. The minimum Gasteiger partial charge on any atom is -0.469 e. The number of rotatable bonds is 18. The van der Waals surface area contributed by atoms with E-state index in [1.165, 1.54) is 14.2 Å². The van der Waals surface area contributed by atoms with Crippen molar-refractivity contribution in [1.82, 2.24) is 4.90 Å². The van der Waals surface area contributed by atoms with Gasteiger partial charge in [0.25, 0.3) is 0 Å². The summed E-state index contributed by atoms with van der Waals surface area (Å²) in [6.07, 6.45) is 9.30. The van der Waals surface area contributed by atoms with Crippen LogP contribution in [-0.4, -0.2) is 63.8 Å². The first-order chi connectivity index (χ1) is 15.4. The first-order valence-corrected chi connectivity index (χ1v) is 12.4. The number of carbonyl (C=O) groups excluding carboxylic acids is 3. The Labute approximate surface area is 201 Å². The van der Waals surface area contributed by atoms with E-state index < -0.39 is 10.8 Å². The van der Waals surface area contributed by atoms with Crippen LogP contribution in [0.3, 0.4) is 0 Å². The van der Waals surface area contributed by atoms with Crippen molar-refractivity contribution >= 4 is 17.9 Å². The largest absolute Gasteiger partial charge is 0.469 e. The van der Waals surface area contributed by atoms with Crippen LogP contribution in [0.25, 0.3) is 0 Å². The molecule has 0 aromatic rings. The molecule has 0 atom stereocenters. The molecule has 0 bridgehead atoms. The molecule has 0 saturated heterocycles. The highest BCUT2D eigenvalue weighted by Crippen LogP contribution is 2.27. The van der Waals surface area contributed by atoms with Crippen molar-refractivity contribution in [2.45, 2.75) is 104 Å². The van der Waals surface area contributed by atoms with Crippen LogP contribution in [0.5, 0.6) is 0 Å². The van der Waals surface area contributed by atoms with Gasteiger partial charge in [0.2, 0.25) is 0 Å². The van der Waals surface area contributed by atoms with Gasteiger partial charge in [-0.05, 0) is 80.3 Å². The Balaban J connectivity index is 4.50. The number of hydrogen-bond acceptors (Lipinski definition) is 7. The summed E-state index contributed by atoms with van der Waals surface area (Å²) in [7, 11) is 6.73. The number of methoxy groups -OCH3 is 2. The summed E-state index contributed by atoms with van der Waals surface area (Å²) in [5.41, 5.74) is -0.935. The lowest BCUT2D eigenvalue weighted by atomic mass is 9.86. The molecule has 0 unspecified atom stereocenters. The van der Waals surface area contributed by atoms with Crippen LogP contribution >= 0.6 is 0 Å². The number of esters is 3. The van der Waals surface area contributed by atoms with Crippen LogP contribution in [0, 0.1) is 10.8 Å². The minimum absolute atomic E-state index is 0.0816. The number of hydrogen-bond donors (Lipinski definition) is 0. The van der Waals surface area contributed by atoms with E-state index in [0.717, 1.165) is 64.2 Å². The Morgan fingerprint density at radius 1 is 0.727 bits per heavy atom. The predicted octanol–water partition coefficient (Wildman–Crippen LogP) is 5.15. The summed E-state index contributed by atoms with van der Waals surface area (Å²) in [6.45, 7) is 8.33. The molecule has 0 fully saturated rings. The van der Waals surface area contributed by atoms with Gasteiger partial charge in [-0.2, -0.15) is 0 Å². The predicted molar refractivity (Wildman–Crippen MR) is 131 cm³/mol. The lowest BCUT2D eigenvalue weighted by Crippen LogP contribution is -2.25. The fourth-order valence-corrected chi connectivity index (χ4v) is 3.81. The molecule has 0 radical (unpaired) electrons. The summed E-state index contributed by atoms with van der Waals surface area (Å²) >= 11 is 0. The topological polar surface area (TPSA) is 82.1 Å². The van der Waals surface area contributed by atoms with Gasteiger partial charge < -0.3 is 19.1 Å². The zero-order chi connectivity index (χ0) is 25.5. The van der Waals surface area contributed by atoms with E-state index in [2.05, 4.69) is 0 Å². The lowest BCUT2D eigenvalue weighted by molar-refractivity contribution is -0.151. The van der Waals surface area contributed by atoms with E-state index in [1.54, 1.807) is 0 Å². The summed E-state index contributed by atoms with van der Waals surface area (Å²) in [5, 5.41) is 0. The molecule has 0 aliphatic carbocycles. The van der Waals surface area contributed by atoms with E-state index in [4.69, 9.17) is 14.2 Å². The normalized spacial score (nSPS) is 12.2. The summed E-state index contributed by atoms with van der Waals surface area (Å²) < 4.78 is 15.5. The van der Waals surface area contributed by atoms with Crippen molar-refractivity contribution in [3.05, 3.63) is 0 Å². The van der Waals surface area contributed by atoms with Gasteiger partial charge in [-0.1, -0.05) is 25.7 Å². The summed E-state index contributed by atoms with van der Waals surface area (Å²) in [5.74, 6) is -0.497. The second-order valence-corrected chi connectivity index (χ2v) is 10.6. The third-order valence-electron chi connectivity index (χ3n) is 6.19. The molecule has 0 aliphatic rings. The third kappa shape index (κ3) is 14.3.